The van der Waals surface area contributed by atoms with Crippen molar-refractivity contribution in [3.63, 3.8) is 0 Å². The van der Waals surface area contributed by atoms with E-state index in [-0.39, 0.29) is 35.8 Å². The molecule has 0 unspecified atom stereocenters. The number of likely N-dealkylation sites (N-methyl/N-ethyl adjacent to an activating group) is 1. The number of aromatic amines is 1. The first-order valence-electron chi connectivity index (χ1n) is 11.4. The van der Waals surface area contributed by atoms with Crippen LogP contribution in [0.3, 0.4) is 0 Å². The van der Waals surface area contributed by atoms with Gasteiger partial charge < -0.3 is 15.4 Å². The highest BCUT2D eigenvalue weighted by Gasteiger charge is 2.25. The second kappa shape index (κ2) is 12.2. The number of hydrogen-bond acceptors (Lipinski definition) is 6. The summed E-state index contributed by atoms with van der Waals surface area (Å²) in [6.45, 7) is 9.77. The number of para-hydroxylation sites is 1. The standard InChI is InChI=1S/C24H37N5O4/c1-17(2)14-28(21-22(25)29(15-18(3)4)24(32)26-23(21)31)20(30)16-27(5)12-9-13-33-19-10-7-6-8-11-19/h6-8,10-11,17-18H,9,12-16,25H2,1-5H3,(H,26,31,32). The molecule has 9 nitrogen and oxygen atoms in total. The van der Waals surface area contributed by atoms with Gasteiger partial charge in [0.1, 0.15) is 11.6 Å². The highest BCUT2D eigenvalue weighted by atomic mass is 16.5. The van der Waals surface area contributed by atoms with Crippen molar-refractivity contribution in [1.82, 2.24) is 14.5 Å². The number of nitrogens with two attached hydrogens (primary N) is 1. The molecule has 0 saturated carbocycles. The molecule has 0 bridgehead atoms. The van der Waals surface area contributed by atoms with Gasteiger partial charge in [-0.25, -0.2) is 4.79 Å². The zero-order valence-corrected chi connectivity index (χ0v) is 20.3. The van der Waals surface area contributed by atoms with Gasteiger partial charge in [-0.2, -0.15) is 0 Å². The molecular weight excluding hydrogens is 422 g/mol. The Morgan fingerprint density at radius 2 is 1.79 bits per heavy atom. The third kappa shape index (κ3) is 7.78. The molecular formula is C24H37N5O4. The van der Waals surface area contributed by atoms with Crippen LogP contribution in [0.4, 0.5) is 11.5 Å². The Hall–Kier alpha value is -3.07. The number of nitrogens with zero attached hydrogens (tertiary/aromatic N) is 3. The van der Waals surface area contributed by atoms with Crippen LogP contribution >= 0.6 is 0 Å². The molecule has 1 aromatic carbocycles. The summed E-state index contributed by atoms with van der Waals surface area (Å²) in [6, 6.07) is 9.57. The van der Waals surface area contributed by atoms with Crippen LogP contribution in [0.15, 0.2) is 39.9 Å². The molecule has 2 rings (SSSR count). The first kappa shape index (κ1) is 26.2. The number of carbonyl (C=O) groups is 1. The lowest BCUT2D eigenvalue weighted by Crippen LogP contribution is -2.46. The Morgan fingerprint density at radius 1 is 1.12 bits per heavy atom. The van der Waals surface area contributed by atoms with Crippen molar-refractivity contribution < 1.29 is 9.53 Å². The van der Waals surface area contributed by atoms with Crippen LogP contribution in [0.1, 0.15) is 34.1 Å². The maximum atomic E-state index is 13.2. The van der Waals surface area contributed by atoms with E-state index in [1.165, 1.54) is 9.47 Å². The molecule has 0 spiro atoms. The van der Waals surface area contributed by atoms with Crippen molar-refractivity contribution in [2.45, 2.75) is 40.7 Å². The highest BCUT2D eigenvalue weighted by Crippen LogP contribution is 2.19. The Labute approximate surface area is 195 Å². The lowest BCUT2D eigenvalue weighted by atomic mass is 10.2. The number of nitrogens with one attached hydrogen (secondary N) is 1. The second-order valence-corrected chi connectivity index (χ2v) is 9.15. The van der Waals surface area contributed by atoms with E-state index in [0.29, 0.717) is 26.2 Å². The molecule has 33 heavy (non-hydrogen) atoms. The maximum absolute atomic E-state index is 13.2. The van der Waals surface area contributed by atoms with Crippen molar-refractivity contribution in [2.24, 2.45) is 11.8 Å². The molecule has 9 heteroatoms. The van der Waals surface area contributed by atoms with Gasteiger partial charge >= 0.3 is 5.69 Å². The number of benzene rings is 1. The average molecular weight is 460 g/mol. The SMILES string of the molecule is CC(C)CN(C(=O)CN(C)CCCOc1ccccc1)c1c(N)n(CC(C)C)c(=O)[nH]c1=O. The number of carbonyl (C=O) groups excluding carboxylic acids is 1. The van der Waals surface area contributed by atoms with Crippen molar-refractivity contribution in [2.75, 3.05) is 43.9 Å². The Kier molecular flexibility index (Phi) is 9.72. The number of ether oxygens (including phenoxy) is 1. The molecule has 1 heterocycles. The van der Waals surface area contributed by atoms with Gasteiger partial charge in [0.2, 0.25) is 5.91 Å². The monoisotopic (exact) mass is 459 g/mol. The van der Waals surface area contributed by atoms with Gasteiger partial charge in [-0.1, -0.05) is 45.9 Å². The Morgan fingerprint density at radius 3 is 2.39 bits per heavy atom. The summed E-state index contributed by atoms with van der Waals surface area (Å²) >= 11 is 0. The molecule has 182 valence electrons. The minimum absolute atomic E-state index is 0.0189. The minimum Gasteiger partial charge on any atom is -0.494 e. The molecule has 0 aliphatic carbocycles. The summed E-state index contributed by atoms with van der Waals surface area (Å²) in [5.41, 5.74) is 5.07. The number of H-pyrrole nitrogens is 1. The molecule has 0 atom stereocenters. The van der Waals surface area contributed by atoms with Gasteiger partial charge in [-0.15, -0.1) is 0 Å². The number of hydrogen-bond donors (Lipinski definition) is 2. The number of aromatic nitrogens is 2. The number of rotatable bonds is 12. The highest BCUT2D eigenvalue weighted by molar-refractivity contribution is 5.96. The summed E-state index contributed by atoms with van der Waals surface area (Å²) in [5, 5.41) is 0. The summed E-state index contributed by atoms with van der Waals surface area (Å²) in [4.78, 5) is 43.8. The van der Waals surface area contributed by atoms with Crippen LogP contribution in [0, 0.1) is 11.8 Å². The fourth-order valence-electron chi connectivity index (χ4n) is 3.50. The van der Waals surface area contributed by atoms with E-state index >= 15 is 0 Å². The van der Waals surface area contributed by atoms with E-state index in [9.17, 15) is 14.4 Å². The molecule has 1 amide bonds. The van der Waals surface area contributed by atoms with E-state index in [2.05, 4.69) is 4.98 Å². The van der Waals surface area contributed by atoms with Crippen LogP contribution in [0.2, 0.25) is 0 Å². The van der Waals surface area contributed by atoms with Gasteiger partial charge in [0.05, 0.1) is 13.2 Å². The molecule has 0 aliphatic heterocycles. The van der Waals surface area contributed by atoms with Gasteiger partial charge in [0.15, 0.2) is 5.69 Å². The lowest BCUT2D eigenvalue weighted by Gasteiger charge is -2.28. The fourth-order valence-corrected chi connectivity index (χ4v) is 3.50. The minimum atomic E-state index is -0.648. The predicted octanol–water partition coefficient (Wildman–Crippen LogP) is 2.16. The van der Waals surface area contributed by atoms with Gasteiger partial charge in [0.25, 0.3) is 5.56 Å². The number of amides is 1. The summed E-state index contributed by atoms with van der Waals surface area (Å²) < 4.78 is 7.03. The third-order valence-corrected chi connectivity index (χ3v) is 4.98. The van der Waals surface area contributed by atoms with Crippen molar-refractivity contribution in [3.8, 4) is 5.75 Å². The van der Waals surface area contributed by atoms with Crippen molar-refractivity contribution >= 4 is 17.4 Å². The Bertz CT molecular complexity index is 1010. The van der Waals surface area contributed by atoms with Crippen molar-refractivity contribution in [3.05, 3.63) is 51.2 Å². The van der Waals surface area contributed by atoms with E-state index in [1.807, 2.05) is 70.0 Å². The van der Waals surface area contributed by atoms with E-state index in [0.717, 1.165) is 12.2 Å². The smallest absolute Gasteiger partial charge is 0.330 e. The van der Waals surface area contributed by atoms with Crippen molar-refractivity contribution in [1.29, 1.82) is 0 Å². The largest absolute Gasteiger partial charge is 0.494 e. The first-order chi connectivity index (χ1) is 15.6. The van der Waals surface area contributed by atoms with Crippen LogP contribution in [0.25, 0.3) is 0 Å². The fraction of sp³-hybridized carbons (Fsp3) is 0.542. The first-order valence-corrected chi connectivity index (χ1v) is 11.4. The number of nitrogen functional groups attached to an aromatic ring is 1. The molecule has 0 radical (unpaired) electrons. The summed E-state index contributed by atoms with van der Waals surface area (Å²) in [7, 11) is 1.85. The van der Waals surface area contributed by atoms with Gasteiger partial charge in [-0.05, 0) is 37.4 Å². The summed E-state index contributed by atoms with van der Waals surface area (Å²) in [5.74, 6) is 0.822. The van der Waals surface area contributed by atoms with E-state index in [1.54, 1.807) is 0 Å². The topological polar surface area (TPSA) is 114 Å². The normalized spacial score (nSPS) is 11.4. The van der Waals surface area contributed by atoms with Crippen LogP contribution in [0.5, 0.6) is 5.75 Å². The molecule has 0 saturated heterocycles. The lowest BCUT2D eigenvalue weighted by molar-refractivity contribution is -0.119. The quantitative estimate of drug-likeness (QED) is 0.470. The third-order valence-electron chi connectivity index (χ3n) is 4.98. The van der Waals surface area contributed by atoms with Crippen LogP contribution in [-0.4, -0.2) is 53.6 Å². The van der Waals surface area contributed by atoms with Gasteiger partial charge in [-0.3, -0.25) is 24.0 Å². The summed E-state index contributed by atoms with van der Waals surface area (Å²) in [6.07, 6.45) is 0.741. The second-order valence-electron chi connectivity index (χ2n) is 9.15. The van der Waals surface area contributed by atoms with Gasteiger partial charge in [0, 0.05) is 19.6 Å². The molecule has 2 aromatic rings. The molecule has 0 fully saturated rings. The van der Waals surface area contributed by atoms with Crippen LogP contribution < -0.4 is 26.6 Å². The average Bonchev–Trinajstić information content (AvgIpc) is 2.73. The van der Waals surface area contributed by atoms with E-state index < -0.39 is 11.2 Å². The molecule has 1 aromatic heterocycles. The molecule has 0 aliphatic rings. The van der Waals surface area contributed by atoms with E-state index in [4.69, 9.17) is 10.5 Å². The zero-order chi connectivity index (χ0) is 24.5. The predicted molar refractivity (Wildman–Crippen MR) is 132 cm³/mol. The maximum Gasteiger partial charge on any atom is 0.330 e. The zero-order valence-electron chi connectivity index (χ0n) is 20.3. The molecule has 3 N–H and O–H groups in total. The number of anilines is 2. The van der Waals surface area contributed by atoms with Crippen LogP contribution in [-0.2, 0) is 11.3 Å². The Balaban J connectivity index is 2.12.